The fourth-order valence-corrected chi connectivity index (χ4v) is 2.73. The molecule has 1 aliphatic rings. The van der Waals surface area contributed by atoms with Crippen LogP contribution < -0.4 is 10.2 Å². The van der Waals surface area contributed by atoms with Gasteiger partial charge >= 0.3 is 0 Å². The predicted octanol–water partition coefficient (Wildman–Crippen LogP) is 3.22. The van der Waals surface area contributed by atoms with E-state index in [1.54, 1.807) is 0 Å². The van der Waals surface area contributed by atoms with Crippen molar-refractivity contribution in [2.45, 2.75) is 45.7 Å². The SMILES string of the molecule is CCNCc1nc(N2CCCC2CC)ccc1Cl. The zero-order valence-electron chi connectivity index (χ0n) is 11.2. The Morgan fingerprint density at radius 3 is 3.00 bits per heavy atom. The topological polar surface area (TPSA) is 28.2 Å². The molecule has 0 radical (unpaired) electrons. The van der Waals surface area contributed by atoms with E-state index < -0.39 is 0 Å². The Morgan fingerprint density at radius 1 is 1.44 bits per heavy atom. The summed E-state index contributed by atoms with van der Waals surface area (Å²) in [5.74, 6) is 1.08. The molecule has 1 aromatic heterocycles. The molecule has 2 rings (SSSR count). The number of hydrogen-bond acceptors (Lipinski definition) is 3. The average molecular weight is 268 g/mol. The number of aromatic nitrogens is 1. The summed E-state index contributed by atoms with van der Waals surface area (Å²) >= 11 is 6.19. The lowest BCUT2D eigenvalue weighted by Gasteiger charge is -2.25. The third kappa shape index (κ3) is 2.96. The van der Waals surface area contributed by atoms with Gasteiger partial charge in [0.25, 0.3) is 0 Å². The molecule has 0 saturated carbocycles. The van der Waals surface area contributed by atoms with E-state index in [4.69, 9.17) is 16.6 Å². The molecule has 1 aromatic rings. The Bertz CT molecular complexity index is 395. The Kier molecular flexibility index (Phi) is 4.84. The fourth-order valence-electron chi connectivity index (χ4n) is 2.56. The second-order valence-corrected chi connectivity index (χ2v) is 5.18. The van der Waals surface area contributed by atoms with Crippen molar-refractivity contribution in [2.24, 2.45) is 0 Å². The van der Waals surface area contributed by atoms with Gasteiger partial charge in [0.05, 0.1) is 10.7 Å². The zero-order valence-corrected chi connectivity index (χ0v) is 12.0. The lowest BCUT2D eigenvalue weighted by atomic mass is 10.2. The highest BCUT2D eigenvalue weighted by Crippen LogP contribution is 2.27. The summed E-state index contributed by atoms with van der Waals surface area (Å²) in [6.45, 7) is 7.13. The van der Waals surface area contributed by atoms with Crippen LogP contribution in [-0.2, 0) is 6.54 Å². The van der Waals surface area contributed by atoms with Crippen molar-refractivity contribution in [3.63, 3.8) is 0 Å². The van der Waals surface area contributed by atoms with Crippen molar-refractivity contribution in [2.75, 3.05) is 18.0 Å². The molecule has 0 bridgehead atoms. The third-order valence-electron chi connectivity index (χ3n) is 3.59. The molecule has 3 nitrogen and oxygen atoms in total. The average Bonchev–Trinajstić information content (AvgIpc) is 2.86. The number of rotatable bonds is 5. The van der Waals surface area contributed by atoms with Gasteiger partial charge in [-0.3, -0.25) is 0 Å². The summed E-state index contributed by atoms with van der Waals surface area (Å²) in [5, 5.41) is 4.04. The molecule has 0 aliphatic carbocycles. The highest BCUT2D eigenvalue weighted by Gasteiger charge is 2.24. The van der Waals surface area contributed by atoms with Crippen LogP contribution in [0, 0.1) is 0 Å². The van der Waals surface area contributed by atoms with E-state index in [2.05, 4.69) is 24.1 Å². The Morgan fingerprint density at radius 2 is 2.28 bits per heavy atom. The van der Waals surface area contributed by atoms with Gasteiger partial charge in [0.2, 0.25) is 0 Å². The summed E-state index contributed by atoms with van der Waals surface area (Å²) in [7, 11) is 0. The van der Waals surface area contributed by atoms with Gasteiger partial charge in [0, 0.05) is 19.1 Å². The maximum absolute atomic E-state index is 6.19. The summed E-state index contributed by atoms with van der Waals surface area (Å²) in [5.41, 5.74) is 0.956. The number of nitrogens with one attached hydrogen (secondary N) is 1. The number of hydrogen-bond donors (Lipinski definition) is 1. The number of nitrogens with zero attached hydrogens (tertiary/aromatic N) is 2. The first-order chi connectivity index (χ1) is 8.76. The van der Waals surface area contributed by atoms with Gasteiger partial charge in [0.1, 0.15) is 5.82 Å². The molecule has 4 heteroatoms. The van der Waals surface area contributed by atoms with E-state index >= 15 is 0 Å². The monoisotopic (exact) mass is 267 g/mol. The molecule has 1 saturated heterocycles. The Hall–Kier alpha value is -0.800. The van der Waals surface area contributed by atoms with Crippen LogP contribution in [-0.4, -0.2) is 24.1 Å². The summed E-state index contributed by atoms with van der Waals surface area (Å²) < 4.78 is 0. The molecule has 1 aliphatic heterocycles. The first kappa shape index (κ1) is 13.6. The highest BCUT2D eigenvalue weighted by molar-refractivity contribution is 6.31. The molecule has 100 valence electrons. The van der Waals surface area contributed by atoms with E-state index in [-0.39, 0.29) is 0 Å². The Balaban J connectivity index is 2.17. The molecule has 1 unspecified atom stereocenters. The van der Waals surface area contributed by atoms with Gasteiger partial charge in [-0.1, -0.05) is 25.4 Å². The molecule has 1 fully saturated rings. The molecule has 1 N–H and O–H groups in total. The van der Waals surface area contributed by atoms with Crippen molar-refractivity contribution in [3.05, 3.63) is 22.8 Å². The first-order valence-corrected chi connectivity index (χ1v) is 7.26. The molecule has 0 aromatic carbocycles. The van der Waals surface area contributed by atoms with Crippen LogP contribution >= 0.6 is 11.6 Å². The molecule has 1 atom stereocenters. The van der Waals surface area contributed by atoms with E-state index in [0.717, 1.165) is 36.2 Å². The predicted molar refractivity (Wildman–Crippen MR) is 77.3 cm³/mol. The third-order valence-corrected chi connectivity index (χ3v) is 3.93. The molecule has 18 heavy (non-hydrogen) atoms. The maximum Gasteiger partial charge on any atom is 0.129 e. The van der Waals surface area contributed by atoms with Gasteiger partial charge in [0.15, 0.2) is 0 Å². The summed E-state index contributed by atoms with van der Waals surface area (Å²) in [6.07, 6.45) is 3.74. The van der Waals surface area contributed by atoms with Crippen LogP contribution in [0.4, 0.5) is 5.82 Å². The lowest BCUT2D eigenvalue weighted by Crippen LogP contribution is -2.29. The smallest absolute Gasteiger partial charge is 0.129 e. The van der Waals surface area contributed by atoms with Crippen LogP contribution in [0.5, 0.6) is 0 Å². The lowest BCUT2D eigenvalue weighted by molar-refractivity contribution is 0.637. The van der Waals surface area contributed by atoms with Gasteiger partial charge in [-0.15, -0.1) is 0 Å². The second kappa shape index (κ2) is 6.39. The van der Waals surface area contributed by atoms with Crippen molar-refractivity contribution >= 4 is 17.4 Å². The van der Waals surface area contributed by atoms with Crippen molar-refractivity contribution in [1.29, 1.82) is 0 Å². The molecular weight excluding hydrogens is 246 g/mol. The summed E-state index contributed by atoms with van der Waals surface area (Å²) in [6, 6.07) is 4.67. The van der Waals surface area contributed by atoms with Crippen LogP contribution in [0.15, 0.2) is 12.1 Å². The highest BCUT2D eigenvalue weighted by atomic mass is 35.5. The largest absolute Gasteiger partial charge is 0.354 e. The molecule has 0 spiro atoms. The van der Waals surface area contributed by atoms with Crippen LogP contribution in [0.25, 0.3) is 0 Å². The molecule has 0 amide bonds. The minimum absolute atomic E-state index is 0.644. The van der Waals surface area contributed by atoms with E-state index in [1.807, 2.05) is 12.1 Å². The van der Waals surface area contributed by atoms with Gasteiger partial charge in [-0.2, -0.15) is 0 Å². The minimum atomic E-state index is 0.644. The van der Waals surface area contributed by atoms with E-state index in [1.165, 1.54) is 19.3 Å². The Labute approximate surface area is 115 Å². The summed E-state index contributed by atoms with van der Waals surface area (Å²) in [4.78, 5) is 7.14. The number of anilines is 1. The van der Waals surface area contributed by atoms with Crippen molar-refractivity contribution in [3.8, 4) is 0 Å². The quantitative estimate of drug-likeness (QED) is 0.888. The standard InChI is InChI=1S/C14H22ClN3/c1-3-11-6-5-9-18(11)14-8-7-12(15)13(17-14)10-16-4-2/h7-8,11,16H,3-6,9-10H2,1-2H3. The first-order valence-electron chi connectivity index (χ1n) is 6.89. The van der Waals surface area contributed by atoms with Crippen LogP contribution in [0.3, 0.4) is 0 Å². The second-order valence-electron chi connectivity index (χ2n) is 4.78. The van der Waals surface area contributed by atoms with E-state index in [0.29, 0.717) is 6.04 Å². The zero-order chi connectivity index (χ0) is 13.0. The van der Waals surface area contributed by atoms with Crippen LogP contribution in [0.1, 0.15) is 38.8 Å². The molecule has 2 heterocycles. The molecular formula is C14H22ClN3. The number of halogens is 1. The van der Waals surface area contributed by atoms with Gasteiger partial charge in [-0.05, 0) is 37.9 Å². The van der Waals surface area contributed by atoms with Crippen LogP contribution in [0.2, 0.25) is 5.02 Å². The fraction of sp³-hybridized carbons (Fsp3) is 0.643. The van der Waals surface area contributed by atoms with Crippen molar-refractivity contribution < 1.29 is 0 Å². The van der Waals surface area contributed by atoms with Gasteiger partial charge in [-0.25, -0.2) is 4.98 Å². The van der Waals surface area contributed by atoms with E-state index in [9.17, 15) is 0 Å². The maximum atomic E-state index is 6.19. The van der Waals surface area contributed by atoms with Gasteiger partial charge < -0.3 is 10.2 Å². The minimum Gasteiger partial charge on any atom is -0.354 e. The van der Waals surface area contributed by atoms with Crippen molar-refractivity contribution in [1.82, 2.24) is 10.3 Å². The normalized spacial score (nSPS) is 19.5. The number of pyridine rings is 1.